The van der Waals surface area contributed by atoms with Gasteiger partial charge < -0.3 is 0 Å². The van der Waals surface area contributed by atoms with E-state index >= 15 is 0 Å². The highest BCUT2D eigenvalue weighted by molar-refractivity contribution is 6.04. The molecule has 0 bridgehead atoms. The number of nitrogens with zero attached hydrogens (tertiary/aromatic N) is 1. The topological polar surface area (TPSA) is 37.4 Å². The monoisotopic (exact) mass is 167 g/mol. The Kier molecular flexibility index (Phi) is 2.63. The van der Waals surface area contributed by atoms with Crippen molar-refractivity contribution in [1.82, 2.24) is 4.90 Å². The van der Waals surface area contributed by atoms with Crippen molar-refractivity contribution in [2.24, 2.45) is 0 Å². The molecule has 0 unspecified atom stereocenters. The molecule has 0 aromatic rings. The molecule has 0 aromatic heterocycles. The molecule has 1 aliphatic rings. The lowest BCUT2D eigenvalue weighted by atomic mass is 10.2. The lowest BCUT2D eigenvalue weighted by Gasteiger charge is -2.13. The van der Waals surface area contributed by atoms with Gasteiger partial charge in [-0.15, -0.1) is 0 Å². The van der Waals surface area contributed by atoms with Crippen LogP contribution in [0.15, 0.2) is 12.2 Å². The predicted octanol–water partition coefficient (Wildman–Crippen LogP) is 1.10. The Labute approximate surface area is 72.0 Å². The van der Waals surface area contributed by atoms with Crippen LogP contribution in [0.5, 0.6) is 0 Å². The summed E-state index contributed by atoms with van der Waals surface area (Å²) in [6, 6.07) is 0. The lowest BCUT2D eigenvalue weighted by molar-refractivity contribution is -0.139. The highest BCUT2D eigenvalue weighted by Gasteiger charge is 2.26. The largest absolute Gasteiger partial charge is 0.279 e. The van der Waals surface area contributed by atoms with Gasteiger partial charge in [-0.3, -0.25) is 14.5 Å². The van der Waals surface area contributed by atoms with Crippen LogP contribution in [0.1, 0.15) is 26.2 Å². The summed E-state index contributed by atoms with van der Waals surface area (Å²) in [6.45, 7) is 6.04. The summed E-state index contributed by atoms with van der Waals surface area (Å²) in [7, 11) is 0. The molecule has 0 radical (unpaired) electrons. The highest BCUT2D eigenvalue weighted by Crippen LogP contribution is 2.13. The molecule has 0 spiro atoms. The SMILES string of the molecule is C=C(CC)C(=O)N1CCCC1=O. The second kappa shape index (κ2) is 3.52. The molecule has 0 aromatic carbocycles. The van der Waals surface area contributed by atoms with E-state index in [-0.39, 0.29) is 11.8 Å². The fourth-order valence-corrected chi connectivity index (χ4v) is 1.20. The summed E-state index contributed by atoms with van der Waals surface area (Å²) < 4.78 is 0. The minimum absolute atomic E-state index is 0.0606. The Bertz CT molecular complexity index is 233. The third-order valence-corrected chi connectivity index (χ3v) is 2.05. The number of hydrogen-bond donors (Lipinski definition) is 0. The lowest BCUT2D eigenvalue weighted by Crippen LogP contribution is -2.32. The van der Waals surface area contributed by atoms with Crippen molar-refractivity contribution in [3.8, 4) is 0 Å². The zero-order valence-corrected chi connectivity index (χ0v) is 7.30. The van der Waals surface area contributed by atoms with Crippen molar-refractivity contribution >= 4 is 11.8 Å². The zero-order chi connectivity index (χ0) is 9.14. The van der Waals surface area contributed by atoms with Gasteiger partial charge >= 0.3 is 0 Å². The van der Waals surface area contributed by atoms with Crippen molar-refractivity contribution in [2.75, 3.05) is 6.54 Å². The van der Waals surface area contributed by atoms with Gasteiger partial charge in [-0.05, 0) is 12.8 Å². The predicted molar refractivity (Wildman–Crippen MR) is 45.4 cm³/mol. The van der Waals surface area contributed by atoms with Crippen molar-refractivity contribution in [1.29, 1.82) is 0 Å². The molecule has 1 rings (SSSR count). The smallest absolute Gasteiger partial charge is 0.255 e. The van der Waals surface area contributed by atoms with E-state index in [9.17, 15) is 9.59 Å². The summed E-state index contributed by atoms with van der Waals surface area (Å²) >= 11 is 0. The Morgan fingerprint density at radius 3 is 2.75 bits per heavy atom. The molecule has 1 heterocycles. The maximum atomic E-state index is 11.4. The Balaban J connectivity index is 2.63. The minimum Gasteiger partial charge on any atom is -0.279 e. The third kappa shape index (κ3) is 1.55. The molecule has 3 heteroatoms. The second-order valence-corrected chi connectivity index (χ2v) is 2.91. The first-order valence-corrected chi connectivity index (χ1v) is 4.19. The van der Waals surface area contributed by atoms with Gasteiger partial charge in [0.05, 0.1) is 0 Å². The standard InChI is InChI=1S/C9H13NO2/c1-3-7(2)9(12)10-6-4-5-8(10)11/h2-6H2,1H3. The van der Waals surface area contributed by atoms with Crippen LogP contribution in [0.3, 0.4) is 0 Å². The van der Waals surface area contributed by atoms with Gasteiger partial charge in [0.2, 0.25) is 5.91 Å². The summed E-state index contributed by atoms with van der Waals surface area (Å²) in [6.07, 6.45) is 1.91. The summed E-state index contributed by atoms with van der Waals surface area (Å²) in [5, 5.41) is 0. The van der Waals surface area contributed by atoms with Gasteiger partial charge in [0.1, 0.15) is 0 Å². The van der Waals surface area contributed by atoms with Crippen molar-refractivity contribution < 1.29 is 9.59 Å². The maximum Gasteiger partial charge on any atom is 0.255 e. The molecule has 66 valence electrons. The number of amides is 2. The fourth-order valence-electron chi connectivity index (χ4n) is 1.20. The zero-order valence-electron chi connectivity index (χ0n) is 7.30. The molecule has 2 amide bonds. The van der Waals surface area contributed by atoms with Crippen molar-refractivity contribution in [2.45, 2.75) is 26.2 Å². The van der Waals surface area contributed by atoms with Crippen LogP contribution in [-0.2, 0) is 9.59 Å². The molecule has 0 N–H and O–H groups in total. The first kappa shape index (κ1) is 8.97. The van der Waals surface area contributed by atoms with E-state index in [1.807, 2.05) is 6.92 Å². The van der Waals surface area contributed by atoms with Gasteiger partial charge in [0.15, 0.2) is 0 Å². The molecule has 1 saturated heterocycles. The van der Waals surface area contributed by atoms with E-state index in [4.69, 9.17) is 0 Å². The van der Waals surface area contributed by atoms with Crippen LogP contribution in [-0.4, -0.2) is 23.3 Å². The summed E-state index contributed by atoms with van der Waals surface area (Å²) in [5.41, 5.74) is 0.519. The summed E-state index contributed by atoms with van der Waals surface area (Å²) in [5.74, 6) is -0.255. The Hall–Kier alpha value is -1.12. The van der Waals surface area contributed by atoms with Gasteiger partial charge in [0, 0.05) is 18.5 Å². The average molecular weight is 167 g/mol. The highest BCUT2D eigenvalue weighted by atomic mass is 16.2. The number of carbonyl (C=O) groups excluding carboxylic acids is 2. The molecule has 1 fully saturated rings. The van der Waals surface area contributed by atoms with Crippen molar-refractivity contribution in [3.05, 3.63) is 12.2 Å². The van der Waals surface area contributed by atoms with Gasteiger partial charge in [0.25, 0.3) is 5.91 Å². The number of hydrogen-bond acceptors (Lipinski definition) is 2. The van der Waals surface area contributed by atoms with Gasteiger partial charge in [-0.1, -0.05) is 13.5 Å². The molecule has 3 nitrogen and oxygen atoms in total. The quantitative estimate of drug-likeness (QED) is 0.577. The molecule has 0 aliphatic carbocycles. The van der Waals surface area contributed by atoms with Crippen LogP contribution in [0.2, 0.25) is 0 Å². The Morgan fingerprint density at radius 2 is 2.33 bits per heavy atom. The third-order valence-electron chi connectivity index (χ3n) is 2.05. The average Bonchev–Trinajstić information content (AvgIpc) is 2.48. The second-order valence-electron chi connectivity index (χ2n) is 2.91. The molecule has 1 aliphatic heterocycles. The fraction of sp³-hybridized carbons (Fsp3) is 0.556. The molecule has 12 heavy (non-hydrogen) atoms. The normalized spacial score (nSPS) is 16.8. The summed E-state index contributed by atoms with van der Waals surface area (Å²) in [4.78, 5) is 23.8. The number of imide groups is 1. The number of likely N-dealkylation sites (tertiary alicyclic amines) is 1. The van der Waals surface area contributed by atoms with Gasteiger partial charge in [-0.2, -0.15) is 0 Å². The molecular formula is C9H13NO2. The first-order chi connectivity index (χ1) is 5.66. The van der Waals surface area contributed by atoms with E-state index in [1.165, 1.54) is 4.90 Å². The van der Waals surface area contributed by atoms with E-state index < -0.39 is 0 Å². The van der Waals surface area contributed by atoms with Crippen LogP contribution in [0, 0.1) is 0 Å². The van der Waals surface area contributed by atoms with E-state index in [0.29, 0.717) is 25.0 Å². The van der Waals surface area contributed by atoms with Gasteiger partial charge in [-0.25, -0.2) is 0 Å². The van der Waals surface area contributed by atoms with Crippen molar-refractivity contribution in [3.63, 3.8) is 0 Å². The van der Waals surface area contributed by atoms with Crippen LogP contribution < -0.4 is 0 Å². The number of carbonyl (C=O) groups is 2. The van der Waals surface area contributed by atoms with E-state index in [2.05, 4.69) is 6.58 Å². The molecule has 0 atom stereocenters. The molecule has 0 saturated carbocycles. The van der Waals surface area contributed by atoms with E-state index in [0.717, 1.165) is 6.42 Å². The molecular weight excluding hydrogens is 154 g/mol. The minimum atomic E-state index is -0.194. The first-order valence-electron chi connectivity index (χ1n) is 4.19. The van der Waals surface area contributed by atoms with Crippen LogP contribution in [0.25, 0.3) is 0 Å². The maximum absolute atomic E-state index is 11.4. The van der Waals surface area contributed by atoms with E-state index in [1.54, 1.807) is 0 Å². The number of rotatable bonds is 2. The van der Waals surface area contributed by atoms with Crippen LogP contribution in [0.4, 0.5) is 0 Å². The van der Waals surface area contributed by atoms with Crippen LogP contribution >= 0.6 is 0 Å². The Morgan fingerprint density at radius 1 is 1.67 bits per heavy atom.